The van der Waals surface area contributed by atoms with E-state index in [0.717, 1.165) is 12.8 Å². The van der Waals surface area contributed by atoms with Gasteiger partial charge < -0.3 is 10.6 Å². The van der Waals surface area contributed by atoms with Gasteiger partial charge in [0.05, 0.1) is 6.54 Å². The quantitative estimate of drug-likeness (QED) is 0.657. The van der Waals surface area contributed by atoms with E-state index in [2.05, 4.69) is 10.6 Å². The molecule has 1 saturated carbocycles. The van der Waals surface area contributed by atoms with E-state index < -0.39 is 0 Å². The molecule has 0 radical (unpaired) electrons. The Morgan fingerprint density at radius 2 is 2.00 bits per heavy atom. The number of rotatable bonds is 3. The normalized spacial score (nSPS) is 18.6. The van der Waals surface area contributed by atoms with Gasteiger partial charge in [-0.15, -0.1) is 0 Å². The maximum Gasteiger partial charge on any atom is 0.239 e. The minimum atomic E-state index is -0.172. The van der Waals surface area contributed by atoms with Crippen LogP contribution in [0, 0.1) is 0 Å². The fourth-order valence-electron chi connectivity index (χ4n) is 1.42. The van der Waals surface area contributed by atoms with E-state index in [1.807, 2.05) is 6.92 Å². The minimum Gasteiger partial charge on any atom is -0.349 e. The number of hydrogen-bond acceptors (Lipinski definition) is 2. The molecule has 4 heteroatoms. The molecule has 4 nitrogen and oxygen atoms in total. The summed E-state index contributed by atoms with van der Waals surface area (Å²) in [4.78, 5) is 21.7. The van der Waals surface area contributed by atoms with Crippen molar-refractivity contribution in [3.63, 3.8) is 0 Å². The van der Waals surface area contributed by atoms with Crippen molar-refractivity contribution in [1.82, 2.24) is 10.6 Å². The zero-order valence-electron chi connectivity index (χ0n) is 8.14. The average molecular weight is 184 g/mol. The molecule has 0 unspecified atom stereocenters. The van der Waals surface area contributed by atoms with E-state index in [1.54, 1.807) is 0 Å². The lowest BCUT2D eigenvalue weighted by atomic mass is 9.78. The van der Waals surface area contributed by atoms with Gasteiger partial charge in [-0.05, 0) is 26.2 Å². The summed E-state index contributed by atoms with van der Waals surface area (Å²) >= 11 is 0. The predicted molar refractivity (Wildman–Crippen MR) is 49.1 cm³/mol. The summed E-state index contributed by atoms with van der Waals surface area (Å²) in [5.74, 6) is -0.272. The van der Waals surface area contributed by atoms with Crippen LogP contribution in [0.15, 0.2) is 0 Å². The van der Waals surface area contributed by atoms with Crippen LogP contribution in [-0.4, -0.2) is 23.9 Å². The summed E-state index contributed by atoms with van der Waals surface area (Å²) in [6.07, 6.45) is 3.26. The molecule has 0 atom stereocenters. The first kappa shape index (κ1) is 10.0. The van der Waals surface area contributed by atoms with Crippen molar-refractivity contribution in [1.29, 1.82) is 0 Å². The Balaban J connectivity index is 2.21. The van der Waals surface area contributed by atoms with Gasteiger partial charge >= 0.3 is 0 Å². The molecule has 1 aliphatic carbocycles. The van der Waals surface area contributed by atoms with Crippen molar-refractivity contribution in [3.8, 4) is 0 Å². The zero-order chi connectivity index (χ0) is 9.90. The molecule has 0 bridgehead atoms. The molecule has 1 aliphatic rings. The van der Waals surface area contributed by atoms with E-state index in [4.69, 9.17) is 0 Å². The zero-order valence-corrected chi connectivity index (χ0v) is 8.14. The number of nitrogens with one attached hydrogen (secondary N) is 2. The van der Waals surface area contributed by atoms with Crippen molar-refractivity contribution >= 4 is 11.8 Å². The fourth-order valence-corrected chi connectivity index (χ4v) is 1.42. The van der Waals surface area contributed by atoms with E-state index in [9.17, 15) is 9.59 Å². The van der Waals surface area contributed by atoms with Crippen molar-refractivity contribution in [2.75, 3.05) is 6.54 Å². The molecule has 0 aliphatic heterocycles. The summed E-state index contributed by atoms with van der Waals surface area (Å²) in [5, 5.41) is 5.36. The van der Waals surface area contributed by atoms with Gasteiger partial charge in [-0.1, -0.05) is 0 Å². The topological polar surface area (TPSA) is 58.2 Å². The highest BCUT2D eigenvalue weighted by atomic mass is 16.2. The van der Waals surface area contributed by atoms with Gasteiger partial charge in [0.1, 0.15) is 0 Å². The summed E-state index contributed by atoms with van der Waals surface area (Å²) in [7, 11) is 0. The van der Waals surface area contributed by atoms with Gasteiger partial charge in [0.25, 0.3) is 0 Å². The first-order chi connectivity index (χ1) is 6.02. The predicted octanol–water partition coefficient (Wildman–Crippen LogP) is 0.181. The Morgan fingerprint density at radius 3 is 2.38 bits per heavy atom. The highest BCUT2D eigenvalue weighted by Gasteiger charge is 2.32. The molecule has 0 spiro atoms. The molecular formula is C9H16N2O2. The highest BCUT2D eigenvalue weighted by Crippen LogP contribution is 2.30. The highest BCUT2D eigenvalue weighted by molar-refractivity contribution is 5.84. The second-order valence-corrected chi connectivity index (χ2v) is 3.87. The van der Waals surface area contributed by atoms with Crippen LogP contribution in [0.25, 0.3) is 0 Å². The van der Waals surface area contributed by atoms with Gasteiger partial charge in [0.15, 0.2) is 0 Å². The molecule has 0 aromatic carbocycles. The summed E-state index contributed by atoms with van der Waals surface area (Å²) in [6.45, 7) is 3.52. The molecule has 2 N–H and O–H groups in total. The second kappa shape index (κ2) is 3.77. The van der Waals surface area contributed by atoms with Gasteiger partial charge in [0.2, 0.25) is 11.8 Å². The standard InChI is InChI=1S/C9H16N2O2/c1-7(12)10-6-8(13)11-9(2)4-3-5-9/h3-6H2,1-2H3,(H,10,12)(H,11,13). The Kier molecular flexibility index (Phi) is 2.90. The third kappa shape index (κ3) is 3.05. The number of carbonyl (C=O) groups is 2. The van der Waals surface area contributed by atoms with Gasteiger partial charge in [-0.25, -0.2) is 0 Å². The Bertz CT molecular complexity index is 222. The summed E-state index contributed by atoms with van der Waals surface area (Å²) in [5.41, 5.74) is -0.0183. The van der Waals surface area contributed by atoms with E-state index in [1.165, 1.54) is 13.3 Å². The summed E-state index contributed by atoms with van der Waals surface area (Å²) in [6, 6.07) is 0. The molecule has 13 heavy (non-hydrogen) atoms. The van der Waals surface area contributed by atoms with E-state index in [0.29, 0.717) is 0 Å². The maximum atomic E-state index is 11.2. The molecule has 0 aromatic heterocycles. The molecular weight excluding hydrogens is 168 g/mol. The van der Waals surface area contributed by atoms with Crippen LogP contribution in [0.5, 0.6) is 0 Å². The first-order valence-corrected chi connectivity index (χ1v) is 4.57. The third-order valence-corrected chi connectivity index (χ3v) is 2.40. The van der Waals surface area contributed by atoms with Crippen molar-refractivity contribution in [3.05, 3.63) is 0 Å². The molecule has 1 rings (SSSR count). The SMILES string of the molecule is CC(=O)NCC(=O)NC1(C)CCC1. The first-order valence-electron chi connectivity index (χ1n) is 4.57. The average Bonchev–Trinajstić information content (AvgIpc) is 1.98. The molecule has 0 heterocycles. The van der Waals surface area contributed by atoms with Gasteiger partial charge in [0, 0.05) is 12.5 Å². The Hall–Kier alpha value is -1.06. The lowest BCUT2D eigenvalue weighted by molar-refractivity contribution is -0.126. The van der Waals surface area contributed by atoms with E-state index in [-0.39, 0.29) is 23.9 Å². The van der Waals surface area contributed by atoms with Crippen LogP contribution in [0.2, 0.25) is 0 Å². The number of amides is 2. The van der Waals surface area contributed by atoms with Gasteiger partial charge in [-0.2, -0.15) is 0 Å². The van der Waals surface area contributed by atoms with Gasteiger partial charge in [-0.3, -0.25) is 9.59 Å². The lowest BCUT2D eigenvalue weighted by Gasteiger charge is -2.39. The monoisotopic (exact) mass is 184 g/mol. The van der Waals surface area contributed by atoms with Crippen molar-refractivity contribution < 1.29 is 9.59 Å². The lowest BCUT2D eigenvalue weighted by Crippen LogP contribution is -2.53. The minimum absolute atomic E-state index is 0.0183. The molecule has 1 fully saturated rings. The van der Waals surface area contributed by atoms with Crippen LogP contribution < -0.4 is 10.6 Å². The second-order valence-electron chi connectivity index (χ2n) is 3.87. The fraction of sp³-hybridized carbons (Fsp3) is 0.778. The van der Waals surface area contributed by atoms with Crippen LogP contribution in [0.3, 0.4) is 0 Å². The molecule has 0 aromatic rings. The number of carbonyl (C=O) groups excluding carboxylic acids is 2. The van der Waals surface area contributed by atoms with Crippen LogP contribution in [0.4, 0.5) is 0 Å². The van der Waals surface area contributed by atoms with Crippen LogP contribution in [-0.2, 0) is 9.59 Å². The molecule has 0 saturated heterocycles. The van der Waals surface area contributed by atoms with Crippen molar-refractivity contribution in [2.24, 2.45) is 0 Å². The molecule has 2 amide bonds. The third-order valence-electron chi connectivity index (χ3n) is 2.40. The Labute approximate surface area is 78.1 Å². The Morgan fingerprint density at radius 1 is 1.38 bits per heavy atom. The van der Waals surface area contributed by atoms with Crippen molar-refractivity contribution in [2.45, 2.75) is 38.6 Å². The maximum absolute atomic E-state index is 11.2. The molecule has 74 valence electrons. The largest absolute Gasteiger partial charge is 0.349 e. The van der Waals surface area contributed by atoms with Crippen LogP contribution in [0.1, 0.15) is 33.1 Å². The van der Waals surface area contributed by atoms with Crippen LogP contribution >= 0.6 is 0 Å². The number of hydrogen-bond donors (Lipinski definition) is 2. The smallest absolute Gasteiger partial charge is 0.239 e. The summed E-state index contributed by atoms with van der Waals surface area (Å²) < 4.78 is 0. The van der Waals surface area contributed by atoms with E-state index >= 15 is 0 Å².